The van der Waals surface area contributed by atoms with Crippen LogP contribution in [0.5, 0.6) is 0 Å². The van der Waals surface area contributed by atoms with Crippen molar-refractivity contribution in [2.45, 2.75) is 32.2 Å². The molecule has 0 aromatic heterocycles. The molecule has 0 aromatic rings. The summed E-state index contributed by atoms with van der Waals surface area (Å²) in [6.45, 7) is 5.27. The summed E-state index contributed by atoms with van der Waals surface area (Å²) in [5, 5.41) is 3.41. The Kier molecular flexibility index (Phi) is 2.96. The molecule has 1 aliphatic rings. The van der Waals surface area contributed by atoms with Crippen LogP contribution in [0.4, 0.5) is 0 Å². The first-order chi connectivity index (χ1) is 5.92. The molecule has 3 nitrogen and oxygen atoms in total. The highest BCUT2D eigenvalue weighted by molar-refractivity contribution is 5.78. The molecule has 0 bridgehead atoms. The van der Waals surface area contributed by atoms with Crippen molar-refractivity contribution in [1.82, 2.24) is 10.2 Å². The average molecular weight is 184 g/mol. The van der Waals surface area contributed by atoms with Gasteiger partial charge in [-0.1, -0.05) is 0 Å². The van der Waals surface area contributed by atoms with Crippen LogP contribution < -0.4 is 5.32 Å². The van der Waals surface area contributed by atoms with Gasteiger partial charge in [-0.15, -0.1) is 0 Å². The number of nitrogens with zero attached hydrogens (tertiary/aromatic N) is 1. The zero-order valence-corrected chi connectivity index (χ0v) is 9.05. The minimum absolute atomic E-state index is 0.120. The molecule has 1 fully saturated rings. The van der Waals surface area contributed by atoms with E-state index in [2.05, 4.69) is 19.2 Å². The van der Waals surface area contributed by atoms with Gasteiger partial charge in [0.15, 0.2) is 0 Å². The lowest BCUT2D eigenvalue weighted by Gasteiger charge is -2.36. The second kappa shape index (κ2) is 3.66. The highest BCUT2D eigenvalue weighted by Crippen LogP contribution is 2.24. The minimum atomic E-state index is 0.120. The third-order valence-electron chi connectivity index (χ3n) is 2.64. The lowest BCUT2D eigenvalue weighted by molar-refractivity contribution is -0.134. The van der Waals surface area contributed by atoms with Crippen molar-refractivity contribution in [2.75, 3.05) is 20.6 Å². The second-order valence-corrected chi connectivity index (χ2v) is 4.73. The molecule has 1 saturated heterocycles. The first kappa shape index (κ1) is 10.5. The average Bonchev–Trinajstić information content (AvgIpc) is 2.01. The van der Waals surface area contributed by atoms with Gasteiger partial charge in [0.1, 0.15) is 0 Å². The zero-order chi connectivity index (χ0) is 10.1. The highest BCUT2D eigenvalue weighted by atomic mass is 16.2. The predicted molar refractivity (Wildman–Crippen MR) is 53.5 cm³/mol. The Morgan fingerprint density at radius 2 is 2.08 bits per heavy atom. The number of carbonyl (C=O) groups is 1. The third-order valence-corrected chi connectivity index (χ3v) is 2.64. The van der Waals surface area contributed by atoms with E-state index in [1.807, 2.05) is 14.1 Å². The molecule has 1 N–H and O–H groups in total. The van der Waals surface area contributed by atoms with Crippen LogP contribution in [0.2, 0.25) is 0 Å². The Morgan fingerprint density at radius 3 is 2.54 bits per heavy atom. The molecule has 13 heavy (non-hydrogen) atoms. The van der Waals surface area contributed by atoms with Crippen LogP contribution in [-0.2, 0) is 4.79 Å². The lowest BCUT2D eigenvalue weighted by Crippen LogP contribution is -2.49. The summed E-state index contributed by atoms with van der Waals surface area (Å²) in [4.78, 5) is 13.4. The van der Waals surface area contributed by atoms with Gasteiger partial charge in [-0.3, -0.25) is 4.79 Å². The van der Waals surface area contributed by atoms with Crippen molar-refractivity contribution in [3.05, 3.63) is 0 Å². The molecule has 1 heterocycles. The fraction of sp³-hybridized carbons (Fsp3) is 0.900. The summed E-state index contributed by atoms with van der Waals surface area (Å²) in [7, 11) is 3.66. The quantitative estimate of drug-likeness (QED) is 0.655. The molecule has 3 heteroatoms. The number of carbonyl (C=O) groups excluding carboxylic acids is 1. The van der Waals surface area contributed by atoms with Crippen molar-refractivity contribution < 1.29 is 4.79 Å². The Bertz CT molecular complexity index is 199. The first-order valence-corrected chi connectivity index (χ1v) is 4.88. The van der Waals surface area contributed by atoms with Gasteiger partial charge in [0, 0.05) is 25.6 Å². The van der Waals surface area contributed by atoms with Gasteiger partial charge in [0.05, 0.1) is 0 Å². The summed E-state index contributed by atoms with van der Waals surface area (Å²) in [5.74, 6) is 0.487. The Hall–Kier alpha value is -0.570. The molecular formula is C10H20N2O. The molecule has 0 radical (unpaired) electrons. The van der Waals surface area contributed by atoms with Crippen LogP contribution in [-0.4, -0.2) is 37.0 Å². The maximum absolute atomic E-state index is 11.7. The fourth-order valence-electron chi connectivity index (χ4n) is 1.95. The van der Waals surface area contributed by atoms with E-state index in [-0.39, 0.29) is 17.4 Å². The number of nitrogens with one attached hydrogen (secondary N) is 1. The third kappa shape index (κ3) is 2.69. The predicted octanol–water partition coefficient (Wildman–Crippen LogP) is 0.853. The Balaban J connectivity index is 2.57. The maximum Gasteiger partial charge on any atom is 0.225 e. The van der Waals surface area contributed by atoms with Crippen LogP contribution in [0.1, 0.15) is 26.7 Å². The van der Waals surface area contributed by atoms with E-state index in [0.29, 0.717) is 0 Å². The molecule has 1 rings (SSSR count). The SMILES string of the molecule is CN(C)C(=O)C1CCNC(C)(C)C1. The molecule has 1 atom stereocenters. The molecule has 1 unspecified atom stereocenters. The molecule has 0 aliphatic carbocycles. The Labute approximate surface area is 80.5 Å². The number of hydrogen-bond donors (Lipinski definition) is 1. The van der Waals surface area contributed by atoms with Crippen LogP contribution in [0, 0.1) is 5.92 Å². The summed E-state index contributed by atoms with van der Waals surface area (Å²) >= 11 is 0. The Morgan fingerprint density at radius 1 is 1.46 bits per heavy atom. The lowest BCUT2D eigenvalue weighted by atomic mass is 9.84. The molecule has 0 aromatic carbocycles. The summed E-state index contributed by atoms with van der Waals surface area (Å²) in [6.07, 6.45) is 1.92. The van der Waals surface area contributed by atoms with Crippen molar-refractivity contribution in [3.8, 4) is 0 Å². The van der Waals surface area contributed by atoms with Crippen molar-refractivity contribution >= 4 is 5.91 Å². The maximum atomic E-state index is 11.7. The minimum Gasteiger partial charge on any atom is -0.349 e. The van der Waals surface area contributed by atoms with Crippen LogP contribution >= 0.6 is 0 Å². The summed E-state index contributed by atoms with van der Waals surface area (Å²) in [5.41, 5.74) is 0.120. The van der Waals surface area contributed by atoms with E-state index < -0.39 is 0 Å². The fourth-order valence-corrected chi connectivity index (χ4v) is 1.95. The van der Waals surface area contributed by atoms with Crippen molar-refractivity contribution in [3.63, 3.8) is 0 Å². The van der Waals surface area contributed by atoms with Gasteiger partial charge < -0.3 is 10.2 Å². The van der Waals surface area contributed by atoms with Gasteiger partial charge in [0.25, 0.3) is 0 Å². The molecule has 76 valence electrons. The topological polar surface area (TPSA) is 32.3 Å². The highest BCUT2D eigenvalue weighted by Gasteiger charge is 2.32. The van der Waals surface area contributed by atoms with E-state index in [9.17, 15) is 4.79 Å². The number of piperidine rings is 1. The molecular weight excluding hydrogens is 164 g/mol. The van der Waals surface area contributed by atoms with Gasteiger partial charge in [-0.2, -0.15) is 0 Å². The van der Waals surface area contributed by atoms with Gasteiger partial charge in [0.2, 0.25) is 5.91 Å². The first-order valence-electron chi connectivity index (χ1n) is 4.88. The molecule has 1 amide bonds. The molecule has 0 spiro atoms. The van der Waals surface area contributed by atoms with Gasteiger partial charge >= 0.3 is 0 Å². The van der Waals surface area contributed by atoms with Crippen molar-refractivity contribution in [1.29, 1.82) is 0 Å². The monoisotopic (exact) mass is 184 g/mol. The van der Waals surface area contributed by atoms with Gasteiger partial charge in [-0.05, 0) is 33.2 Å². The van der Waals surface area contributed by atoms with E-state index >= 15 is 0 Å². The van der Waals surface area contributed by atoms with E-state index in [4.69, 9.17) is 0 Å². The largest absolute Gasteiger partial charge is 0.349 e. The standard InChI is InChI=1S/C10H20N2O/c1-10(2)7-8(5-6-11-10)9(13)12(3)4/h8,11H,5-7H2,1-4H3. The van der Waals surface area contributed by atoms with E-state index in [0.717, 1.165) is 19.4 Å². The van der Waals surface area contributed by atoms with Crippen LogP contribution in [0.15, 0.2) is 0 Å². The summed E-state index contributed by atoms with van der Waals surface area (Å²) < 4.78 is 0. The van der Waals surface area contributed by atoms with Crippen molar-refractivity contribution in [2.24, 2.45) is 5.92 Å². The molecule has 1 aliphatic heterocycles. The summed E-state index contributed by atoms with van der Waals surface area (Å²) in [6, 6.07) is 0. The van der Waals surface area contributed by atoms with Crippen LogP contribution in [0.3, 0.4) is 0 Å². The number of rotatable bonds is 1. The van der Waals surface area contributed by atoms with Crippen LogP contribution in [0.25, 0.3) is 0 Å². The van der Waals surface area contributed by atoms with E-state index in [1.54, 1.807) is 4.90 Å². The normalized spacial score (nSPS) is 26.9. The molecule has 0 saturated carbocycles. The zero-order valence-electron chi connectivity index (χ0n) is 9.05. The number of hydrogen-bond acceptors (Lipinski definition) is 2. The number of amides is 1. The van der Waals surface area contributed by atoms with Gasteiger partial charge in [-0.25, -0.2) is 0 Å². The second-order valence-electron chi connectivity index (χ2n) is 4.73. The smallest absolute Gasteiger partial charge is 0.225 e. The van der Waals surface area contributed by atoms with E-state index in [1.165, 1.54) is 0 Å².